The lowest BCUT2D eigenvalue weighted by atomic mass is 10.0. The van der Waals surface area contributed by atoms with Crippen molar-refractivity contribution in [1.29, 1.82) is 0 Å². The van der Waals surface area contributed by atoms with E-state index >= 15 is 0 Å². The molecule has 0 saturated heterocycles. The van der Waals surface area contributed by atoms with Crippen molar-refractivity contribution in [3.63, 3.8) is 0 Å². The van der Waals surface area contributed by atoms with Crippen LogP contribution < -0.4 is 0 Å². The van der Waals surface area contributed by atoms with Gasteiger partial charge in [-0.2, -0.15) is 0 Å². The fraction of sp³-hybridized carbons (Fsp3) is 0. The van der Waals surface area contributed by atoms with Gasteiger partial charge in [0.25, 0.3) is 0 Å². The zero-order valence-corrected chi connectivity index (χ0v) is 19.9. The molecular weight excluding hydrogens is 458 g/mol. The molecule has 4 heterocycles. The summed E-state index contributed by atoms with van der Waals surface area (Å²) in [6, 6.07) is 36.7. The minimum atomic E-state index is 0.926. The van der Waals surface area contributed by atoms with Crippen molar-refractivity contribution in [1.82, 2.24) is 14.4 Å². The van der Waals surface area contributed by atoms with Crippen LogP contribution >= 0.6 is 11.3 Å². The normalized spacial score (nSPS) is 12.4. The van der Waals surface area contributed by atoms with Crippen molar-refractivity contribution in [2.24, 2.45) is 0 Å². The van der Waals surface area contributed by atoms with E-state index < -0.39 is 0 Å². The van der Waals surface area contributed by atoms with Gasteiger partial charge in [0.1, 0.15) is 5.52 Å². The lowest BCUT2D eigenvalue weighted by Gasteiger charge is -2.01. The van der Waals surface area contributed by atoms with Gasteiger partial charge in [-0.15, -0.1) is 11.3 Å². The summed E-state index contributed by atoms with van der Waals surface area (Å²) in [6.07, 6.45) is 0. The van der Waals surface area contributed by atoms with Crippen molar-refractivity contribution in [3.05, 3.63) is 103 Å². The third-order valence-corrected chi connectivity index (χ3v) is 8.69. The van der Waals surface area contributed by atoms with Crippen molar-refractivity contribution in [2.45, 2.75) is 0 Å². The van der Waals surface area contributed by atoms with Gasteiger partial charge >= 0.3 is 0 Å². The molecule has 5 aromatic carbocycles. The Balaban J connectivity index is 1.52. The number of hydrogen-bond acceptors (Lipinski definition) is 3. The molecule has 0 saturated carbocycles. The fourth-order valence-corrected chi connectivity index (χ4v) is 7.19. The highest BCUT2D eigenvalue weighted by molar-refractivity contribution is 7.26. The minimum Gasteiger partial charge on any atom is -0.291 e. The van der Waals surface area contributed by atoms with E-state index in [2.05, 4.69) is 95.4 Å². The summed E-state index contributed by atoms with van der Waals surface area (Å²) in [5, 5.41) is 6.34. The van der Waals surface area contributed by atoms with Gasteiger partial charge in [-0.25, -0.2) is 9.97 Å². The molecule has 0 aliphatic rings. The second-order valence-corrected chi connectivity index (χ2v) is 10.5. The van der Waals surface area contributed by atoms with Gasteiger partial charge < -0.3 is 0 Å². The van der Waals surface area contributed by atoms with Crippen LogP contribution in [0.5, 0.6) is 0 Å². The Labute approximate surface area is 209 Å². The maximum atomic E-state index is 5.18. The first-order valence-electron chi connectivity index (χ1n) is 12.1. The van der Waals surface area contributed by atoms with Crippen LogP contribution in [0.1, 0.15) is 0 Å². The second kappa shape index (κ2) is 6.56. The molecule has 0 amide bonds. The Morgan fingerprint density at radius 1 is 0.583 bits per heavy atom. The topological polar surface area (TPSA) is 30.2 Å². The van der Waals surface area contributed by atoms with Crippen molar-refractivity contribution >= 4 is 80.9 Å². The number of rotatable bonds is 1. The Kier molecular flexibility index (Phi) is 3.42. The Bertz CT molecular complexity index is 2310. The smallest absolute Gasteiger partial charge is 0.165 e. The van der Waals surface area contributed by atoms with Gasteiger partial charge in [0, 0.05) is 36.3 Å². The van der Waals surface area contributed by atoms with Crippen LogP contribution in [-0.4, -0.2) is 14.4 Å². The molecule has 4 aromatic heterocycles. The Hall–Kier alpha value is -4.54. The molecule has 166 valence electrons. The average Bonchev–Trinajstić information content (AvgIpc) is 3.57. The Morgan fingerprint density at radius 2 is 1.36 bits per heavy atom. The monoisotopic (exact) mass is 475 g/mol. The Morgan fingerprint density at radius 3 is 2.25 bits per heavy atom. The highest BCUT2D eigenvalue weighted by Crippen LogP contribution is 2.47. The largest absolute Gasteiger partial charge is 0.291 e. The first-order valence-corrected chi connectivity index (χ1v) is 12.9. The second-order valence-electron chi connectivity index (χ2n) is 9.44. The van der Waals surface area contributed by atoms with Crippen LogP contribution in [-0.2, 0) is 0 Å². The summed E-state index contributed by atoms with van der Waals surface area (Å²) in [7, 11) is 0. The third-order valence-electron chi connectivity index (χ3n) is 7.50. The van der Waals surface area contributed by atoms with E-state index in [0.29, 0.717) is 0 Å². The van der Waals surface area contributed by atoms with Gasteiger partial charge in [0.05, 0.1) is 22.1 Å². The predicted octanol–water partition coefficient (Wildman–Crippen LogP) is 8.81. The van der Waals surface area contributed by atoms with Crippen LogP contribution in [0.3, 0.4) is 0 Å². The molecule has 0 fully saturated rings. The van der Waals surface area contributed by atoms with Gasteiger partial charge in [0.2, 0.25) is 0 Å². The number of para-hydroxylation sites is 3. The van der Waals surface area contributed by atoms with E-state index in [-0.39, 0.29) is 0 Å². The first kappa shape index (κ1) is 18.7. The molecule has 9 aromatic rings. The molecule has 3 nitrogen and oxygen atoms in total. The maximum absolute atomic E-state index is 5.18. The molecule has 0 spiro atoms. The summed E-state index contributed by atoms with van der Waals surface area (Å²) < 4.78 is 4.91. The molecule has 0 N–H and O–H groups in total. The summed E-state index contributed by atoms with van der Waals surface area (Å²) in [5.74, 6) is 0. The molecule has 0 radical (unpaired) electrons. The highest BCUT2D eigenvalue weighted by atomic mass is 32.1. The van der Waals surface area contributed by atoms with Crippen LogP contribution in [0.4, 0.5) is 0 Å². The van der Waals surface area contributed by atoms with Crippen molar-refractivity contribution < 1.29 is 0 Å². The number of thiophene rings is 1. The number of fused-ring (bicyclic) bond motifs is 11. The van der Waals surface area contributed by atoms with Crippen LogP contribution in [0.15, 0.2) is 103 Å². The molecule has 0 unspecified atom stereocenters. The lowest BCUT2D eigenvalue weighted by Crippen LogP contribution is -1.88. The quantitative estimate of drug-likeness (QED) is 0.237. The van der Waals surface area contributed by atoms with E-state index in [1.807, 2.05) is 23.5 Å². The number of aromatic nitrogens is 3. The van der Waals surface area contributed by atoms with Gasteiger partial charge in [-0.1, -0.05) is 72.8 Å². The molecule has 0 aliphatic heterocycles. The van der Waals surface area contributed by atoms with Crippen molar-refractivity contribution in [2.75, 3.05) is 0 Å². The maximum Gasteiger partial charge on any atom is 0.165 e. The number of nitrogens with zero attached hydrogens (tertiary/aromatic N) is 3. The average molecular weight is 476 g/mol. The molecule has 0 atom stereocenters. The SMILES string of the molecule is c1ccc(-c2ccc3c(c2)sc2c3cc3c4ccccc4n4c5nc6ccccc6nc5c2c34)cc1. The zero-order chi connectivity index (χ0) is 23.4. The predicted molar refractivity (Wildman–Crippen MR) is 153 cm³/mol. The summed E-state index contributed by atoms with van der Waals surface area (Å²) in [4.78, 5) is 10.3. The van der Waals surface area contributed by atoms with Crippen molar-refractivity contribution in [3.8, 4) is 11.1 Å². The minimum absolute atomic E-state index is 0.926. The first-order chi connectivity index (χ1) is 17.8. The van der Waals surface area contributed by atoms with Crippen LogP contribution in [0.2, 0.25) is 0 Å². The molecule has 9 rings (SSSR count). The van der Waals surface area contributed by atoms with E-state index in [1.165, 1.54) is 58.5 Å². The van der Waals surface area contributed by atoms with Crippen LogP contribution in [0.25, 0.3) is 80.7 Å². The number of benzene rings is 5. The molecule has 0 bridgehead atoms. The molecule has 36 heavy (non-hydrogen) atoms. The van der Waals surface area contributed by atoms with E-state index in [1.54, 1.807) is 0 Å². The van der Waals surface area contributed by atoms with E-state index in [4.69, 9.17) is 9.97 Å². The third kappa shape index (κ3) is 2.27. The van der Waals surface area contributed by atoms with E-state index in [9.17, 15) is 0 Å². The summed E-state index contributed by atoms with van der Waals surface area (Å²) in [5.41, 5.74) is 8.68. The zero-order valence-electron chi connectivity index (χ0n) is 19.1. The molecule has 0 aliphatic carbocycles. The van der Waals surface area contributed by atoms with E-state index in [0.717, 1.165) is 22.2 Å². The molecule has 4 heteroatoms. The summed E-state index contributed by atoms with van der Waals surface area (Å²) in [6.45, 7) is 0. The molecular formula is C32H17N3S. The lowest BCUT2D eigenvalue weighted by molar-refractivity contribution is 1.28. The van der Waals surface area contributed by atoms with Gasteiger partial charge in [-0.05, 0) is 41.5 Å². The van der Waals surface area contributed by atoms with Gasteiger partial charge in [0.15, 0.2) is 5.65 Å². The highest BCUT2D eigenvalue weighted by Gasteiger charge is 2.23. The number of hydrogen-bond donors (Lipinski definition) is 0. The fourth-order valence-electron chi connectivity index (χ4n) is 5.92. The van der Waals surface area contributed by atoms with Gasteiger partial charge in [-0.3, -0.25) is 4.40 Å². The summed E-state index contributed by atoms with van der Waals surface area (Å²) >= 11 is 1.87. The standard InChI is InChI=1S/C32H17N3S/c1-2-8-18(9-3-1)19-14-15-21-23-17-22-20-10-4-7-13-26(20)35-30(22)28(31(23)36-27(21)16-19)29-32(35)34-25-12-6-5-11-24(25)33-29/h1-17H. The van der Waals surface area contributed by atoms with Crippen LogP contribution in [0, 0.1) is 0 Å².